The summed E-state index contributed by atoms with van der Waals surface area (Å²) >= 11 is 0. The van der Waals surface area contributed by atoms with Crippen LogP contribution in [-0.4, -0.2) is 5.78 Å². The van der Waals surface area contributed by atoms with Crippen LogP contribution in [0.4, 0.5) is 8.78 Å². The fourth-order valence-corrected chi connectivity index (χ4v) is 1.66. The molecule has 98 valence electrons. The average molecular weight is 262 g/mol. The lowest BCUT2D eigenvalue weighted by Crippen LogP contribution is -2.00. The number of hydrogen-bond acceptors (Lipinski definition) is 2. The lowest BCUT2D eigenvalue weighted by Gasteiger charge is -2.11. The van der Waals surface area contributed by atoms with Crippen LogP contribution in [-0.2, 0) is 0 Å². The maximum atomic E-state index is 13.5. The Morgan fingerprint density at radius 2 is 1.74 bits per heavy atom. The molecule has 0 saturated carbocycles. The van der Waals surface area contributed by atoms with Crippen molar-refractivity contribution >= 4 is 5.78 Å². The number of ether oxygens (including phenoxy) is 1. The highest BCUT2D eigenvalue weighted by atomic mass is 19.1. The topological polar surface area (TPSA) is 26.3 Å². The number of benzene rings is 2. The molecule has 2 nitrogen and oxygen atoms in total. The van der Waals surface area contributed by atoms with Crippen LogP contribution >= 0.6 is 0 Å². The molecule has 0 aromatic heterocycles. The molecule has 0 aliphatic rings. The number of aryl methyl sites for hydroxylation is 1. The zero-order valence-corrected chi connectivity index (χ0v) is 10.5. The van der Waals surface area contributed by atoms with E-state index in [0.29, 0.717) is 5.56 Å². The number of rotatable bonds is 3. The summed E-state index contributed by atoms with van der Waals surface area (Å²) in [5, 5.41) is 0. The summed E-state index contributed by atoms with van der Waals surface area (Å²) in [4.78, 5) is 11.5. The van der Waals surface area contributed by atoms with Gasteiger partial charge in [-0.1, -0.05) is 12.1 Å². The fraction of sp³-hybridized carbons (Fsp3) is 0.133. The number of halogens is 2. The van der Waals surface area contributed by atoms with Gasteiger partial charge in [0.2, 0.25) is 0 Å². The van der Waals surface area contributed by atoms with Crippen LogP contribution in [0.3, 0.4) is 0 Å². The second kappa shape index (κ2) is 5.18. The van der Waals surface area contributed by atoms with Crippen molar-refractivity contribution in [3.05, 3.63) is 59.2 Å². The summed E-state index contributed by atoms with van der Waals surface area (Å²) in [6.07, 6.45) is 0. The first-order valence-electron chi connectivity index (χ1n) is 5.72. The Labute approximate surface area is 109 Å². The van der Waals surface area contributed by atoms with Gasteiger partial charge in [0.15, 0.2) is 17.3 Å². The summed E-state index contributed by atoms with van der Waals surface area (Å²) in [5.74, 6) is -1.23. The van der Waals surface area contributed by atoms with Crippen LogP contribution in [0.2, 0.25) is 0 Å². The molecule has 2 rings (SSSR count). The number of carbonyl (C=O) groups excluding carboxylic acids is 1. The molecule has 0 heterocycles. The molecule has 0 saturated heterocycles. The minimum Gasteiger partial charge on any atom is -0.454 e. The van der Waals surface area contributed by atoms with E-state index in [1.807, 2.05) is 0 Å². The van der Waals surface area contributed by atoms with E-state index >= 15 is 0 Å². The summed E-state index contributed by atoms with van der Waals surface area (Å²) < 4.78 is 32.3. The van der Waals surface area contributed by atoms with Gasteiger partial charge < -0.3 is 4.74 Å². The van der Waals surface area contributed by atoms with Gasteiger partial charge in [0.05, 0.1) is 5.56 Å². The third-order valence-corrected chi connectivity index (χ3v) is 2.70. The van der Waals surface area contributed by atoms with E-state index in [4.69, 9.17) is 4.74 Å². The predicted molar refractivity (Wildman–Crippen MR) is 67.6 cm³/mol. The largest absolute Gasteiger partial charge is 0.454 e. The molecule has 0 radical (unpaired) electrons. The summed E-state index contributed by atoms with van der Waals surface area (Å²) in [5.41, 5.74) is 0.419. The van der Waals surface area contributed by atoms with Gasteiger partial charge in [-0.05, 0) is 43.7 Å². The van der Waals surface area contributed by atoms with Crippen LogP contribution in [0, 0.1) is 18.6 Å². The van der Waals surface area contributed by atoms with Crippen LogP contribution in [0.25, 0.3) is 0 Å². The highest BCUT2D eigenvalue weighted by molar-refractivity contribution is 5.97. The molecule has 0 aliphatic heterocycles. The molecule has 19 heavy (non-hydrogen) atoms. The second-order valence-electron chi connectivity index (χ2n) is 4.19. The highest BCUT2D eigenvalue weighted by Crippen LogP contribution is 2.29. The molecule has 0 spiro atoms. The van der Waals surface area contributed by atoms with E-state index < -0.39 is 11.6 Å². The van der Waals surface area contributed by atoms with E-state index in [1.54, 1.807) is 13.0 Å². The van der Waals surface area contributed by atoms with Crippen molar-refractivity contribution in [2.45, 2.75) is 13.8 Å². The van der Waals surface area contributed by atoms with E-state index in [0.717, 1.165) is 6.07 Å². The number of para-hydroxylation sites is 1. The lowest BCUT2D eigenvalue weighted by atomic mass is 10.1. The highest BCUT2D eigenvalue weighted by Gasteiger charge is 2.14. The SMILES string of the molecule is CC(=O)c1cc(F)c(C)cc1Oc1ccccc1F. The fourth-order valence-electron chi connectivity index (χ4n) is 1.66. The van der Waals surface area contributed by atoms with Crippen molar-refractivity contribution in [2.24, 2.45) is 0 Å². The Kier molecular flexibility index (Phi) is 3.60. The number of carbonyl (C=O) groups is 1. The first-order chi connectivity index (χ1) is 8.99. The maximum absolute atomic E-state index is 13.5. The van der Waals surface area contributed by atoms with E-state index in [-0.39, 0.29) is 22.8 Å². The van der Waals surface area contributed by atoms with Gasteiger partial charge >= 0.3 is 0 Å². The molecule has 0 atom stereocenters. The van der Waals surface area contributed by atoms with Crippen LogP contribution in [0.1, 0.15) is 22.8 Å². The van der Waals surface area contributed by atoms with Gasteiger partial charge in [-0.2, -0.15) is 0 Å². The van der Waals surface area contributed by atoms with Crippen molar-refractivity contribution in [1.82, 2.24) is 0 Å². The van der Waals surface area contributed by atoms with Crippen LogP contribution in [0.5, 0.6) is 11.5 Å². The van der Waals surface area contributed by atoms with Gasteiger partial charge in [-0.15, -0.1) is 0 Å². The summed E-state index contributed by atoms with van der Waals surface area (Å²) in [7, 11) is 0. The molecule has 0 unspecified atom stereocenters. The Balaban J connectivity index is 2.48. The third kappa shape index (κ3) is 2.78. The average Bonchev–Trinajstić information content (AvgIpc) is 2.36. The molecule has 2 aromatic carbocycles. The molecule has 2 aromatic rings. The van der Waals surface area contributed by atoms with Crippen molar-refractivity contribution in [2.75, 3.05) is 0 Å². The normalized spacial score (nSPS) is 10.3. The monoisotopic (exact) mass is 262 g/mol. The molecule has 0 amide bonds. The molecule has 4 heteroatoms. The molecular weight excluding hydrogens is 250 g/mol. The van der Waals surface area contributed by atoms with Crippen molar-refractivity contribution in [3.63, 3.8) is 0 Å². The second-order valence-corrected chi connectivity index (χ2v) is 4.19. The number of Topliss-reactive ketones (excluding diaryl/α,β-unsaturated/α-hetero) is 1. The molecule has 0 aliphatic carbocycles. The van der Waals surface area contributed by atoms with E-state index in [9.17, 15) is 13.6 Å². The zero-order chi connectivity index (χ0) is 14.0. The molecular formula is C15H12F2O2. The lowest BCUT2D eigenvalue weighted by molar-refractivity contribution is 0.101. The minimum atomic E-state index is -0.543. The van der Waals surface area contributed by atoms with Crippen molar-refractivity contribution in [3.8, 4) is 11.5 Å². The van der Waals surface area contributed by atoms with Crippen LogP contribution in [0.15, 0.2) is 36.4 Å². The third-order valence-electron chi connectivity index (χ3n) is 2.70. The Hall–Kier alpha value is -2.23. The maximum Gasteiger partial charge on any atom is 0.165 e. The van der Waals surface area contributed by atoms with Gasteiger partial charge in [-0.3, -0.25) is 4.79 Å². The molecule has 0 bridgehead atoms. The van der Waals surface area contributed by atoms with Gasteiger partial charge in [0, 0.05) is 0 Å². The van der Waals surface area contributed by atoms with E-state index in [1.165, 1.54) is 31.2 Å². The van der Waals surface area contributed by atoms with Crippen molar-refractivity contribution in [1.29, 1.82) is 0 Å². The molecule has 0 fully saturated rings. The quantitative estimate of drug-likeness (QED) is 0.772. The summed E-state index contributed by atoms with van der Waals surface area (Å²) in [6, 6.07) is 8.33. The van der Waals surface area contributed by atoms with Crippen LogP contribution < -0.4 is 4.74 Å². The standard InChI is InChI=1S/C15H12F2O2/c1-9-7-15(11(10(2)18)8-13(9)17)19-14-6-4-3-5-12(14)16/h3-8H,1-2H3. The zero-order valence-electron chi connectivity index (χ0n) is 10.5. The number of ketones is 1. The minimum absolute atomic E-state index is 0.00370. The van der Waals surface area contributed by atoms with Gasteiger partial charge in [0.25, 0.3) is 0 Å². The van der Waals surface area contributed by atoms with Gasteiger partial charge in [-0.25, -0.2) is 8.78 Å². The Bertz CT molecular complexity index is 636. The summed E-state index contributed by atoms with van der Waals surface area (Å²) in [6.45, 7) is 2.85. The number of hydrogen-bond donors (Lipinski definition) is 0. The molecule has 0 N–H and O–H groups in total. The first-order valence-corrected chi connectivity index (χ1v) is 5.72. The van der Waals surface area contributed by atoms with Gasteiger partial charge in [0.1, 0.15) is 11.6 Å². The Morgan fingerprint density at radius 1 is 1.05 bits per heavy atom. The smallest absolute Gasteiger partial charge is 0.165 e. The predicted octanol–water partition coefficient (Wildman–Crippen LogP) is 4.27. The van der Waals surface area contributed by atoms with Crippen molar-refractivity contribution < 1.29 is 18.3 Å². The van der Waals surface area contributed by atoms with E-state index in [2.05, 4.69) is 0 Å². The first kappa shape index (κ1) is 13.2. The Morgan fingerprint density at radius 3 is 2.37 bits per heavy atom.